The first-order chi connectivity index (χ1) is 13.9. The molecule has 3 aromatic heterocycles. The van der Waals surface area contributed by atoms with Gasteiger partial charge in [-0.25, -0.2) is 18.3 Å². The molecule has 1 aliphatic heterocycles. The average Bonchev–Trinajstić information content (AvgIpc) is 3.32. The maximum Gasteiger partial charge on any atom is 0.266 e. The number of thiophene rings is 1. The highest BCUT2D eigenvalue weighted by Crippen LogP contribution is 2.37. The summed E-state index contributed by atoms with van der Waals surface area (Å²) in [6, 6.07) is 9.26. The lowest BCUT2D eigenvalue weighted by atomic mass is 9.91. The van der Waals surface area contributed by atoms with E-state index >= 15 is 0 Å². The Morgan fingerprint density at radius 3 is 3.00 bits per heavy atom. The number of rotatable bonds is 2. The number of halogens is 2. The molecule has 1 atom stereocenters. The fraction of sp³-hybridized carbons (Fsp3) is 0.300. The van der Waals surface area contributed by atoms with Crippen molar-refractivity contribution in [3.63, 3.8) is 0 Å². The van der Waals surface area contributed by atoms with Crippen LogP contribution in [0.2, 0.25) is 0 Å². The van der Waals surface area contributed by atoms with Crippen LogP contribution in [0.5, 0.6) is 0 Å². The number of hydrogen-bond acceptors (Lipinski definition) is 5. The van der Waals surface area contributed by atoms with Crippen molar-refractivity contribution in [1.29, 1.82) is 0 Å². The van der Waals surface area contributed by atoms with Gasteiger partial charge in [-0.1, -0.05) is 18.2 Å². The Balaban J connectivity index is 1.53. The van der Waals surface area contributed by atoms with Gasteiger partial charge in [-0.2, -0.15) is 10.1 Å². The smallest absolute Gasteiger partial charge is 0.266 e. The maximum absolute atomic E-state index is 14.7. The Labute approximate surface area is 168 Å². The molecule has 9 heteroatoms. The van der Waals surface area contributed by atoms with E-state index in [0.717, 1.165) is 10.1 Å². The number of hydrogen-bond donors (Lipinski definition) is 0. The van der Waals surface area contributed by atoms with Gasteiger partial charge in [0.05, 0.1) is 17.8 Å². The van der Waals surface area contributed by atoms with E-state index in [1.54, 1.807) is 18.4 Å². The topological polar surface area (TPSA) is 63.4 Å². The van der Waals surface area contributed by atoms with Crippen LogP contribution >= 0.6 is 11.3 Å². The minimum atomic E-state index is -2.99. The highest BCUT2D eigenvalue weighted by atomic mass is 32.1. The Hall–Kier alpha value is -2.94. The van der Waals surface area contributed by atoms with Gasteiger partial charge in [-0.05, 0) is 19.1 Å². The van der Waals surface area contributed by atoms with Crippen LogP contribution in [-0.2, 0) is 0 Å². The number of nitrogens with zero attached hydrogens (tertiary/aromatic N) is 5. The molecule has 0 bridgehead atoms. The monoisotopic (exact) mass is 413 g/mol. The van der Waals surface area contributed by atoms with E-state index in [0.29, 0.717) is 22.7 Å². The molecule has 1 saturated heterocycles. The molecule has 1 aliphatic rings. The molecule has 1 aromatic carbocycles. The zero-order valence-corrected chi connectivity index (χ0v) is 16.4. The Bertz CT molecular complexity index is 1230. The molecule has 0 N–H and O–H groups in total. The van der Waals surface area contributed by atoms with Crippen molar-refractivity contribution in [3.05, 3.63) is 59.0 Å². The second-order valence-electron chi connectivity index (χ2n) is 7.38. The summed E-state index contributed by atoms with van der Waals surface area (Å²) in [5.41, 5.74) is 1.74. The number of alkyl halides is 2. The Morgan fingerprint density at radius 1 is 1.31 bits per heavy atom. The minimum absolute atomic E-state index is 0.191. The lowest BCUT2D eigenvalue weighted by Crippen LogP contribution is -2.49. The van der Waals surface area contributed by atoms with Crippen molar-refractivity contribution in [1.82, 2.24) is 24.5 Å². The van der Waals surface area contributed by atoms with E-state index < -0.39 is 18.4 Å². The summed E-state index contributed by atoms with van der Waals surface area (Å²) in [6.07, 6.45) is 1.01. The number of carbonyl (C=O) groups is 1. The zero-order chi connectivity index (χ0) is 20.2. The summed E-state index contributed by atoms with van der Waals surface area (Å²) >= 11 is 1.44. The van der Waals surface area contributed by atoms with Crippen LogP contribution in [0.1, 0.15) is 34.1 Å². The molecule has 1 unspecified atom stereocenters. The fourth-order valence-electron chi connectivity index (χ4n) is 4.02. The van der Waals surface area contributed by atoms with Crippen molar-refractivity contribution in [2.45, 2.75) is 25.2 Å². The Kier molecular flexibility index (Phi) is 4.09. The molecule has 148 valence electrons. The molecule has 29 heavy (non-hydrogen) atoms. The van der Waals surface area contributed by atoms with Crippen molar-refractivity contribution in [2.24, 2.45) is 0 Å². The lowest BCUT2D eigenvalue weighted by Gasteiger charge is -2.37. The third kappa shape index (κ3) is 3.15. The van der Waals surface area contributed by atoms with Crippen LogP contribution in [0.4, 0.5) is 8.78 Å². The number of carbonyl (C=O) groups excluding carboxylic acids is 1. The SMILES string of the molecule is Cc1cc(C2CN(C(=O)c3csc4ccccc34)CC(F)(F)C2)n2ncnc2n1. The largest absolute Gasteiger partial charge is 0.332 e. The molecule has 1 fully saturated rings. The highest BCUT2D eigenvalue weighted by Gasteiger charge is 2.43. The number of fused-ring (bicyclic) bond motifs is 2. The van der Waals surface area contributed by atoms with Gasteiger partial charge in [0.1, 0.15) is 6.33 Å². The Morgan fingerprint density at radius 2 is 2.14 bits per heavy atom. The van der Waals surface area contributed by atoms with Crippen LogP contribution in [-0.4, -0.2) is 49.4 Å². The van der Waals surface area contributed by atoms with Gasteiger partial charge < -0.3 is 4.90 Å². The van der Waals surface area contributed by atoms with Crippen LogP contribution in [0.25, 0.3) is 15.9 Å². The summed E-state index contributed by atoms with van der Waals surface area (Å²) in [6.45, 7) is 1.40. The van der Waals surface area contributed by atoms with E-state index in [9.17, 15) is 13.6 Å². The quantitative estimate of drug-likeness (QED) is 0.500. The fourth-order valence-corrected chi connectivity index (χ4v) is 4.95. The van der Waals surface area contributed by atoms with Crippen LogP contribution < -0.4 is 0 Å². The summed E-state index contributed by atoms with van der Waals surface area (Å²) < 4.78 is 31.8. The third-order valence-electron chi connectivity index (χ3n) is 5.23. The first kappa shape index (κ1) is 18.1. The average molecular weight is 413 g/mol. The van der Waals surface area contributed by atoms with Crippen molar-refractivity contribution >= 4 is 33.1 Å². The van der Waals surface area contributed by atoms with E-state index in [1.807, 2.05) is 24.3 Å². The maximum atomic E-state index is 14.7. The van der Waals surface area contributed by atoms with Gasteiger partial charge in [0.15, 0.2) is 0 Å². The molecular formula is C20H17F2N5OS. The number of aryl methyl sites for hydroxylation is 1. The molecule has 0 radical (unpaired) electrons. The van der Waals surface area contributed by atoms with Crippen molar-refractivity contribution in [2.75, 3.05) is 13.1 Å². The normalized spacial score (nSPS) is 19.1. The van der Waals surface area contributed by atoms with Gasteiger partial charge in [0.25, 0.3) is 17.6 Å². The van der Waals surface area contributed by atoms with E-state index in [4.69, 9.17) is 0 Å². The second kappa shape index (κ2) is 6.55. The van der Waals surface area contributed by atoms with Gasteiger partial charge in [-0.3, -0.25) is 4.79 Å². The van der Waals surface area contributed by atoms with E-state index in [1.165, 1.54) is 27.1 Å². The molecule has 0 saturated carbocycles. The third-order valence-corrected chi connectivity index (χ3v) is 6.20. The van der Waals surface area contributed by atoms with E-state index in [2.05, 4.69) is 15.1 Å². The predicted molar refractivity (Wildman–Crippen MR) is 106 cm³/mol. The highest BCUT2D eigenvalue weighted by molar-refractivity contribution is 7.17. The van der Waals surface area contributed by atoms with Crippen LogP contribution in [0, 0.1) is 6.92 Å². The second-order valence-corrected chi connectivity index (χ2v) is 8.29. The summed E-state index contributed by atoms with van der Waals surface area (Å²) in [4.78, 5) is 22.8. The first-order valence-electron chi connectivity index (χ1n) is 9.22. The van der Waals surface area contributed by atoms with Crippen molar-refractivity contribution < 1.29 is 13.6 Å². The van der Waals surface area contributed by atoms with Gasteiger partial charge >= 0.3 is 0 Å². The molecule has 0 spiro atoms. The van der Waals surface area contributed by atoms with E-state index in [-0.39, 0.29) is 18.9 Å². The standard InChI is InChI=1S/C20H17F2N5OS/c1-12-6-16(27-19(25-12)23-11-24-27)13-7-20(21,22)10-26(8-13)18(28)15-9-29-17-5-3-2-4-14(15)17/h2-6,9,11,13H,7-8,10H2,1H3. The molecule has 6 nitrogen and oxygen atoms in total. The predicted octanol–water partition coefficient (Wildman–Crippen LogP) is 3.91. The molecule has 4 heterocycles. The number of amides is 1. The minimum Gasteiger partial charge on any atom is -0.332 e. The van der Waals surface area contributed by atoms with Crippen LogP contribution in [0.3, 0.4) is 0 Å². The summed E-state index contributed by atoms with van der Waals surface area (Å²) in [7, 11) is 0. The molecule has 5 rings (SSSR count). The number of piperidine rings is 1. The number of aromatic nitrogens is 4. The lowest BCUT2D eigenvalue weighted by molar-refractivity contribution is -0.0640. The summed E-state index contributed by atoms with van der Waals surface area (Å²) in [5.74, 6) is -3.56. The molecule has 4 aromatic rings. The zero-order valence-electron chi connectivity index (χ0n) is 15.5. The van der Waals surface area contributed by atoms with Crippen LogP contribution in [0.15, 0.2) is 42.0 Å². The summed E-state index contributed by atoms with van der Waals surface area (Å²) in [5, 5.41) is 6.69. The molecule has 1 amide bonds. The molecule has 0 aliphatic carbocycles. The first-order valence-corrected chi connectivity index (χ1v) is 10.1. The molecular weight excluding hydrogens is 396 g/mol. The van der Waals surface area contributed by atoms with Gasteiger partial charge in [-0.15, -0.1) is 11.3 Å². The van der Waals surface area contributed by atoms with Gasteiger partial charge in [0.2, 0.25) is 0 Å². The van der Waals surface area contributed by atoms with Gasteiger partial charge in [0, 0.05) is 40.0 Å². The number of likely N-dealkylation sites (tertiary alicyclic amines) is 1. The van der Waals surface area contributed by atoms with Crippen molar-refractivity contribution in [3.8, 4) is 0 Å². The number of benzene rings is 1.